The van der Waals surface area contributed by atoms with Crippen molar-refractivity contribution in [2.24, 2.45) is 0 Å². The molecule has 0 aliphatic carbocycles. The van der Waals surface area contributed by atoms with Gasteiger partial charge in [0.25, 0.3) is 5.91 Å². The third-order valence-electron chi connectivity index (χ3n) is 3.49. The van der Waals surface area contributed by atoms with Crippen LogP contribution in [-0.4, -0.2) is 33.8 Å². The van der Waals surface area contributed by atoms with Crippen LogP contribution in [0.2, 0.25) is 0 Å². The Hall–Kier alpha value is -2.54. The highest BCUT2D eigenvalue weighted by Gasteiger charge is 2.13. The lowest BCUT2D eigenvalue weighted by molar-refractivity contribution is 0.102. The minimum absolute atomic E-state index is 0.147. The van der Waals surface area contributed by atoms with Gasteiger partial charge < -0.3 is 14.8 Å². The Balaban J connectivity index is 2.23. The number of carbonyl (C=O) groups excluding carboxylic acids is 1. The van der Waals surface area contributed by atoms with Crippen molar-refractivity contribution in [1.82, 2.24) is 0 Å². The molecule has 7 heteroatoms. The monoisotopic (exact) mass is 377 g/mol. The van der Waals surface area contributed by atoms with Crippen molar-refractivity contribution in [3.8, 4) is 11.5 Å². The second-order valence-electron chi connectivity index (χ2n) is 5.70. The van der Waals surface area contributed by atoms with Gasteiger partial charge in [0, 0.05) is 17.5 Å². The number of hydrogen-bond donors (Lipinski definition) is 1. The zero-order valence-corrected chi connectivity index (χ0v) is 15.9. The number of nitrogens with one attached hydrogen (secondary N) is 1. The summed E-state index contributed by atoms with van der Waals surface area (Å²) < 4.78 is 34.5. The van der Waals surface area contributed by atoms with Crippen molar-refractivity contribution >= 4 is 21.4 Å². The van der Waals surface area contributed by atoms with E-state index in [-0.39, 0.29) is 10.8 Å². The smallest absolute Gasteiger partial charge is 0.255 e. The molecule has 2 rings (SSSR count). The summed E-state index contributed by atoms with van der Waals surface area (Å²) in [5.74, 6) is 0.724. The standard InChI is InChI=1S/C19H23NO5S/c1-4-11-25-17-10-9-14(12-18(17)24-5-2)19(21)20-15-7-6-8-16(13-15)26(3,22)23/h6-10,12-13H,4-5,11H2,1-3H3,(H,20,21). The van der Waals surface area contributed by atoms with Gasteiger partial charge in [-0.1, -0.05) is 13.0 Å². The van der Waals surface area contributed by atoms with E-state index < -0.39 is 9.84 Å². The minimum atomic E-state index is -3.34. The van der Waals surface area contributed by atoms with E-state index in [1.807, 2.05) is 13.8 Å². The van der Waals surface area contributed by atoms with Crippen LogP contribution in [0.4, 0.5) is 5.69 Å². The first-order valence-corrected chi connectivity index (χ1v) is 10.3. The van der Waals surface area contributed by atoms with E-state index in [0.29, 0.717) is 36.0 Å². The van der Waals surface area contributed by atoms with E-state index in [1.54, 1.807) is 30.3 Å². The maximum atomic E-state index is 12.5. The number of benzene rings is 2. The Labute approximate surface area is 154 Å². The fraction of sp³-hybridized carbons (Fsp3) is 0.316. The third-order valence-corrected chi connectivity index (χ3v) is 4.60. The SMILES string of the molecule is CCCOc1ccc(C(=O)Nc2cccc(S(C)(=O)=O)c2)cc1OCC. The molecule has 0 fully saturated rings. The van der Waals surface area contributed by atoms with E-state index in [9.17, 15) is 13.2 Å². The molecule has 0 saturated heterocycles. The van der Waals surface area contributed by atoms with Crippen LogP contribution in [0.5, 0.6) is 11.5 Å². The van der Waals surface area contributed by atoms with Gasteiger partial charge in [0.2, 0.25) is 0 Å². The summed E-state index contributed by atoms with van der Waals surface area (Å²) in [7, 11) is -3.34. The maximum Gasteiger partial charge on any atom is 0.255 e. The first-order valence-electron chi connectivity index (χ1n) is 8.36. The fourth-order valence-corrected chi connectivity index (χ4v) is 2.92. The van der Waals surface area contributed by atoms with Gasteiger partial charge in [-0.2, -0.15) is 0 Å². The van der Waals surface area contributed by atoms with Gasteiger partial charge >= 0.3 is 0 Å². The largest absolute Gasteiger partial charge is 0.490 e. The predicted octanol–water partition coefficient (Wildman–Crippen LogP) is 3.53. The molecular formula is C19H23NO5S. The molecule has 0 aliphatic rings. The lowest BCUT2D eigenvalue weighted by Gasteiger charge is -2.13. The van der Waals surface area contributed by atoms with E-state index in [2.05, 4.69) is 5.32 Å². The highest BCUT2D eigenvalue weighted by atomic mass is 32.2. The van der Waals surface area contributed by atoms with Crippen LogP contribution < -0.4 is 14.8 Å². The van der Waals surface area contributed by atoms with E-state index in [0.717, 1.165) is 12.7 Å². The van der Waals surface area contributed by atoms with Crippen molar-refractivity contribution < 1.29 is 22.7 Å². The Morgan fingerprint density at radius 2 is 1.81 bits per heavy atom. The molecule has 2 aromatic rings. The Morgan fingerprint density at radius 3 is 2.46 bits per heavy atom. The molecule has 0 aliphatic heterocycles. The predicted molar refractivity (Wildman–Crippen MR) is 101 cm³/mol. The van der Waals surface area contributed by atoms with Crippen LogP contribution in [0, 0.1) is 0 Å². The molecular weight excluding hydrogens is 354 g/mol. The number of carbonyl (C=O) groups is 1. The summed E-state index contributed by atoms with van der Waals surface area (Å²) in [6.45, 7) is 4.87. The molecule has 1 N–H and O–H groups in total. The lowest BCUT2D eigenvalue weighted by Crippen LogP contribution is -2.13. The van der Waals surface area contributed by atoms with Crippen molar-refractivity contribution in [2.75, 3.05) is 24.8 Å². The summed E-state index contributed by atoms with van der Waals surface area (Å²) >= 11 is 0. The molecule has 6 nitrogen and oxygen atoms in total. The molecule has 2 aromatic carbocycles. The average molecular weight is 377 g/mol. The van der Waals surface area contributed by atoms with Gasteiger partial charge in [-0.25, -0.2) is 8.42 Å². The summed E-state index contributed by atoms with van der Waals surface area (Å²) in [4.78, 5) is 12.6. The Kier molecular flexibility index (Phi) is 6.63. The maximum absolute atomic E-state index is 12.5. The number of hydrogen-bond acceptors (Lipinski definition) is 5. The molecule has 0 bridgehead atoms. The molecule has 0 atom stereocenters. The van der Waals surface area contributed by atoms with Crippen LogP contribution in [0.1, 0.15) is 30.6 Å². The lowest BCUT2D eigenvalue weighted by atomic mass is 10.1. The van der Waals surface area contributed by atoms with Gasteiger partial charge in [-0.3, -0.25) is 4.79 Å². The van der Waals surface area contributed by atoms with Crippen molar-refractivity contribution in [1.29, 1.82) is 0 Å². The molecule has 0 heterocycles. The highest BCUT2D eigenvalue weighted by Crippen LogP contribution is 2.29. The molecule has 26 heavy (non-hydrogen) atoms. The van der Waals surface area contributed by atoms with Crippen molar-refractivity contribution in [3.63, 3.8) is 0 Å². The molecule has 140 valence electrons. The average Bonchev–Trinajstić information content (AvgIpc) is 2.60. The number of rotatable bonds is 8. The van der Waals surface area contributed by atoms with Gasteiger partial charge in [0.1, 0.15) is 0 Å². The second-order valence-corrected chi connectivity index (χ2v) is 7.71. The van der Waals surface area contributed by atoms with Crippen LogP contribution in [0.3, 0.4) is 0 Å². The van der Waals surface area contributed by atoms with Crippen LogP contribution in [-0.2, 0) is 9.84 Å². The van der Waals surface area contributed by atoms with Gasteiger partial charge in [0.05, 0.1) is 18.1 Å². The number of amides is 1. The first-order chi connectivity index (χ1) is 12.3. The van der Waals surface area contributed by atoms with Crippen LogP contribution in [0.15, 0.2) is 47.4 Å². The van der Waals surface area contributed by atoms with Gasteiger partial charge in [0.15, 0.2) is 21.3 Å². The third kappa shape index (κ3) is 5.23. The molecule has 0 saturated carbocycles. The summed E-state index contributed by atoms with van der Waals surface area (Å²) in [6.07, 6.45) is 1.99. The van der Waals surface area contributed by atoms with E-state index >= 15 is 0 Å². The van der Waals surface area contributed by atoms with Gasteiger partial charge in [-0.15, -0.1) is 0 Å². The number of sulfone groups is 1. The van der Waals surface area contributed by atoms with E-state index in [4.69, 9.17) is 9.47 Å². The zero-order chi connectivity index (χ0) is 19.2. The summed E-state index contributed by atoms with van der Waals surface area (Å²) in [5, 5.41) is 2.70. The molecule has 1 amide bonds. The van der Waals surface area contributed by atoms with Gasteiger partial charge in [-0.05, 0) is 49.7 Å². The quantitative estimate of drug-likeness (QED) is 0.761. The Bertz CT molecular complexity index is 877. The van der Waals surface area contributed by atoms with E-state index in [1.165, 1.54) is 12.1 Å². The molecule has 0 unspecified atom stereocenters. The molecule has 0 aromatic heterocycles. The summed E-state index contributed by atoms with van der Waals surface area (Å²) in [6, 6.07) is 11.1. The zero-order valence-electron chi connectivity index (χ0n) is 15.1. The van der Waals surface area contributed by atoms with Crippen LogP contribution >= 0.6 is 0 Å². The number of ether oxygens (including phenoxy) is 2. The first kappa shape index (κ1) is 19.8. The van der Waals surface area contributed by atoms with Crippen molar-refractivity contribution in [3.05, 3.63) is 48.0 Å². The topological polar surface area (TPSA) is 81.7 Å². The van der Waals surface area contributed by atoms with Crippen molar-refractivity contribution in [2.45, 2.75) is 25.2 Å². The number of anilines is 1. The molecule has 0 spiro atoms. The second kappa shape index (κ2) is 8.71. The fourth-order valence-electron chi connectivity index (χ4n) is 2.26. The normalized spacial score (nSPS) is 11.0. The summed E-state index contributed by atoms with van der Waals surface area (Å²) in [5.41, 5.74) is 0.796. The Morgan fingerprint density at radius 1 is 1.04 bits per heavy atom. The van der Waals surface area contributed by atoms with Crippen LogP contribution in [0.25, 0.3) is 0 Å². The molecule has 0 radical (unpaired) electrons. The minimum Gasteiger partial charge on any atom is -0.490 e. The highest BCUT2D eigenvalue weighted by molar-refractivity contribution is 7.90.